The zero-order chi connectivity index (χ0) is 19.9. The third kappa shape index (κ3) is 4.72. The van der Waals surface area contributed by atoms with Crippen molar-refractivity contribution < 1.29 is 14.3 Å². The molecule has 28 heavy (non-hydrogen) atoms. The molecule has 2 aromatic rings. The van der Waals surface area contributed by atoms with Crippen LogP contribution in [0, 0.1) is 11.3 Å². The third-order valence-corrected chi connectivity index (χ3v) is 5.30. The number of hydrogen-bond donors (Lipinski definition) is 2. The van der Waals surface area contributed by atoms with Gasteiger partial charge in [-0.05, 0) is 29.8 Å². The predicted octanol–water partition coefficient (Wildman–Crippen LogP) is 3.41. The van der Waals surface area contributed by atoms with Gasteiger partial charge in [-0.2, -0.15) is 5.26 Å². The van der Waals surface area contributed by atoms with Crippen molar-refractivity contribution in [2.24, 2.45) is 0 Å². The Hall–Kier alpha value is -3.24. The molecule has 2 aromatic carbocycles. The highest BCUT2D eigenvalue weighted by Crippen LogP contribution is 2.35. The first kappa shape index (κ1) is 19.5. The molecule has 0 radical (unpaired) electrons. The SMILES string of the molecule is COc1ccc(NC(=O)CSC2=C(C#N)[C@H](c3ccccc3)CC(=O)N2)cc1. The second-order valence-electron chi connectivity index (χ2n) is 6.14. The maximum absolute atomic E-state index is 12.3. The molecule has 0 aliphatic carbocycles. The van der Waals surface area contributed by atoms with Gasteiger partial charge in [0.1, 0.15) is 5.75 Å². The Morgan fingerprint density at radius 3 is 2.61 bits per heavy atom. The monoisotopic (exact) mass is 393 g/mol. The number of carbonyl (C=O) groups is 2. The first-order valence-electron chi connectivity index (χ1n) is 8.66. The number of carbonyl (C=O) groups excluding carboxylic acids is 2. The smallest absolute Gasteiger partial charge is 0.234 e. The van der Waals surface area contributed by atoms with E-state index in [2.05, 4.69) is 16.7 Å². The zero-order valence-electron chi connectivity index (χ0n) is 15.3. The first-order valence-corrected chi connectivity index (χ1v) is 9.65. The van der Waals surface area contributed by atoms with Gasteiger partial charge in [-0.15, -0.1) is 0 Å². The van der Waals surface area contributed by atoms with Crippen LogP contribution in [-0.4, -0.2) is 24.7 Å². The Kier molecular flexibility index (Phi) is 6.35. The molecule has 1 aliphatic heterocycles. The van der Waals surface area contributed by atoms with E-state index < -0.39 is 0 Å². The molecule has 1 aliphatic rings. The number of nitrogens with one attached hydrogen (secondary N) is 2. The number of hydrogen-bond acceptors (Lipinski definition) is 5. The van der Waals surface area contributed by atoms with E-state index >= 15 is 0 Å². The Morgan fingerprint density at radius 1 is 1.25 bits per heavy atom. The van der Waals surface area contributed by atoms with Gasteiger partial charge in [0, 0.05) is 18.0 Å². The van der Waals surface area contributed by atoms with E-state index in [4.69, 9.17) is 4.74 Å². The van der Waals surface area contributed by atoms with E-state index in [0.717, 1.165) is 17.3 Å². The maximum Gasteiger partial charge on any atom is 0.234 e. The van der Waals surface area contributed by atoms with Crippen LogP contribution in [0.4, 0.5) is 5.69 Å². The number of anilines is 1. The molecule has 0 bridgehead atoms. The highest BCUT2D eigenvalue weighted by Gasteiger charge is 2.29. The Bertz CT molecular complexity index is 934. The van der Waals surface area contributed by atoms with E-state index in [1.165, 1.54) is 0 Å². The molecule has 1 atom stereocenters. The standard InChI is InChI=1S/C21H19N3O3S/c1-27-16-9-7-15(8-10-16)23-20(26)13-28-21-18(12-22)17(11-19(25)24-21)14-5-3-2-4-6-14/h2-10,17H,11,13H2,1H3,(H,23,26)(H,24,25)/t17-/m0/s1. The summed E-state index contributed by atoms with van der Waals surface area (Å²) >= 11 is 1.16. The summed E-state index contributed by atoms with van der Waals surface area (Å²) in [5, 5.41) is 15.6. The average molecular weight is 393 g/mol. The normalized spacial score (nSPS) is 16.1. The number of nitrogens with zero attached hydrogens (tertiary/aromatic N) is 1. The lowest BCUT2D eigenvalue weighted by atomic mass is 9.87. The molecule has 2 amide bonds. The summed E-state index contributed by atoms with van der Waals surface area (Å²) in [4.78, 5) is 24.4. The van der Waals surface area contributed by atoms with Gasteiger partial charge in [-0.25, -0.2) is 0 Å². The number of allylic oxidation sites excluding steroid dienone is 1. The number of methoxy groups -OCH3 is 1. The number of ether oxygens (including phenoxy) is 1. The minimum absolute atomic E-state index is 0.0777. The van der Waals surface area contributed by atoms with Gasteiger partial charge >= 0.3 is 0 Å². The van der Waals surface area contributed by atoms with E-state index in [1.807, 2.05) is 30.3 Å². The van der Waals surface area contributed by atoms with E-state index in [9.17, 15) is 14.9 Å². The molecule has 0 spiro atoms. The fourth-order valence-electron chi connectivity index (χ4n) is 2.91. The van der Waals surface area contributed by atoms with Crippen LogP contribution in [0.3, 0.4) is 0 Å². The van der Waals surface area contributed by atoms with Crippen LogP contribution in [-0.2, 0) is 9.59 Å². The molecule has 0 aromatic heterocycles. The van der Waals surface area contributed by atoms with Crippen molar-refractivity contribution in [1.82, 2.24) is 5.32 Å². The Balaban J connectivity index is 1.70. The van der Waals surface area contributed by atoms with Crippen molar-refractivity contribution >= 4 is 29.3 Å². The lowest BCUT2D eigenvalue weighted by Crippen LogP contribution is -2.31. The number of thioether (sulfide) groups is 1. The minimum atomic E-state index is -0.299. The summed E-state index contributed by atoms with van der Waals surface area (Å²) in [5.41, 5.74) is 2.04. The Labute approximate surface area is 167 Å². The number of benzene rings is 2. The minimum Gasteiger partial charge on any atom is -0.497 e. The van der Waals surface area contributed by atoms with Crippen LogP contribution in [0.2, 0.25) is 0 Å². The van der Waals surface area contributed by atoms with Crippen LogP contribution < -0.4 is 15.4 Å². The van der Waals surface area contributed by atoms with Gasteiger partial charge in [0.05, 0.1) is 29.5 Å². The van der Waals surface area contributed by atoms with Crippen molar-refractivity contribution in [2.45, 2.75) is 12.3 Å². The zero-order valence-corrected chi connectivity index (χ0v) is 16.1. The van der Waals surface area contributed by atoms with Crippen LogP contribution in [0.15, 0.2) is 65.2 Å². The van der Waals surface area contributed by atoms with Gasteiger partial charge in [-0.3, -0.25) is 9.59 Å². The first-order chi connectivity index (χ1) is 13.6. The highest BCUT2D eigenvalue weighted by atomic mass is 32.2. The van der Waals surface area contributed by atoms with E-state index in [1.54, 1.807) is 31.4 Å². The van der Waals surface area contributed by atoms with Gasteiger partial charge in [-0.1, -0.05) is 42.1 Å². The lowest BCUT2D eigenvalue weighted by Gasteiger charge is -2.25. The quantitative estimate of drug-likeness (QED) is 0.785. The molecule has 142 valence electrons. The number of rotatable bonds is 6. The van der Waals surface area contributed by atoms with Crippen LogP contribution in [0.1, 0.15) is 17.9 Å². The van der Waals surface area contributed by atoms with Gasteiger partial charge in [0.25, 0.3) is 0 Å². The second kappa shape index (κ2) is 9.11. The summed E-state index contributed by atoms with van der Waals surface area (Å²) < 4.78 is 5.09. The van der Waals surface area contributed by atoms with Crippen molar-refractivity contribution in [3.05, 3.63) is 70.8 Å². The van der Waals surface area contributed by atoms with Crippen LogP contribution in [0.5, 0.6) is 5.75 Å². The van der Waals surface area contributed by atoms with Gasteiger partial charge in [0.2, 0.25) is 11.8 Å². The maximum atomic E-state index is 12.3. The topological polar surface area (TPSA) is 91.2 Å². The fraction of sp³-hybridized carbons (Fsp3) is 0.190. The summed E-state index contributed by atoms with van der Waals surface area (Å²) in [5.74, 6) is 0.0936. The molecule has 0 saturated carbocycles. The lowest BCUT2D eigenvalue weighted by molar-refractivity contribution is -0.121. The fourth-order valence-corrected chi connectivity index (χ4v) is 3.79. The molecular formula is C21H19N3O3S. The molecule has 0 fully saturated rings. The number of nitriles is 1. The number of amides is 2. The van der Waals surface area contributed by atoms with Crippen LogP contribution >= 0.6 is 11.8 Å². The summed E-state index contributed by atoms with van der Waals surface area (Å²) in [6.45, 7) is 0. The van der Waals surface area contributed by atoms with Crippen molar-refractivity contribution in [3.8, 4) is 11.8 Å². The molecule has 0 saturated heterocycles. The van der Waals surface area contributed by atoms with E-state index in [-0.39, 0.29) is 29.9 Å². The largest absolute Gasteiger partial charge is 0.497 e. The third-order valence-electron chi connectivity index (χ3n) is 4.28. The summed E-state index contributed by atoms with van der Waals surface area (Å²) in [7, 11) is 1.58. The predicted molar refractivity (Wildman–Crippen MR) is 109 cm³/mol. The van der Waals surface area contributed by atoms with Crippen molar-refractivity contribution in [3.63, 3.8) is 0 Å². The van der Waals surface area contributed by atoms with E-state index in [0.29, 0.717) is 22.0 Å². The molecule has 7 heteroatoms. The van der Waals surface area contributed by atoms with Crippen molar-refractivity contribution in [2.75, 3.05) is 18.2 Å². The molecule has 0 unspecified atom stereocenters. The molecule has 1 heterocycles. The highest BCUT2D eigenvalue weighted by molar-refractivity contribution is 8.03. The van der Waals surface area contributed by atoms with Gasteiger partial charge < -0.3 is 15.4 Å². The Morgan fingerprint density at radius 2 is 1.96 bits per heavy atom. The van der Waals surface area contributed by atoms with Gasteiger partial charge in [0.15, 0.2) is 0 Å². The molecular weight excluding hydrogens is 374 g/mol. The summed E-state index contributed by atoms with van der Waals surface area (Å²) in [6, 6.07) is 18.7. The molecule has 6 nitrogen and oxygen atoms in total. The van der Waals surface area contributed by atoms with Crippen molar-refractivity contribution in [1.29, 1.82) is 5.26 Å². The van der Waals surface area contributed by atoms with Crippen LogP contribution in [0.25, 0.3) is 0 Å². The molecule has 2 N–H and O–H groups in total. The average Bonchev–Trinajstić information content (AvgIpc) is 2.73. The second-order valence-corrected chi connectivity index (χ2v) is 7.12. The summed E-state index contributed by atoms with van der Waals surface area (Å²) in [6.07, 6.45) is 0.217. The molecule has 3 rings (SSSR count).